The molecule has 0 spiro atoms. The molecule has 3 heteroatoms. The van der Waals surface area contributed by atoms with Crippen LogP contribution in [0.25, 0.3) is 0 Å². The van der Waals surface area contributed by atoms with Crippen LogP contribution in [-0.4, -0.2) is 24.4 Å². The van der Waals surface area contributed by atoms with E-state index >= 15 is 0 Å². The van der Waals surface area contributed by atoms with Crippen LogP contribution in [0.3, 0.4) is 0 Å². The average molecular weight is 236 g/mol. The fraction of sp³-hybridized carbons (Fsp3) is 0.462. The second-order valence-electron chi connectivity index (χ2n) is 4.06. The minimum Gasteiger partial charge on any atom is -0.497 e. The van der Waals surface area contributed by atoms with Crippen LogP contribution in [0.5, 0.6) is 5.75 Å². The highest BCUT2D eigenvalue weighted by Crippen LogP contribution is 2.25. The van der Waals surface area contributed by atoms with E-state index in [0.29, 0.717) is 12.2 Å². The van der Waals surface area contributed by atoms with Crippen LogP contribution >= 0.6 is 11.8 Å². The topological polar surface area (TPSA) is 26.3 Å². The minimum atomic E-state index is 0.274. The number of hydrogen-bond donors (Lipinski definition) is 0. The maximum Gasteiger partial charge on any atom is 0.141 e. The van der Waals surface area contributed by atoms with Crippen LogP contribution in [-0.2, 0) is 11.2 Å². The zero-order chi connectivity index (χ0) is 11.4. The van der Waals surface area contributed by atoms with Crippen molar-refractivity contribution < 1.29 is 9.53 Å². The number of methoxy groups -OCH3 is 1. The molecule has 2 nitrogen and oxygen atoms in total. The first kappa shape index (κ1) is 11.5. The molecule has 0 N–H and O–H groups in total. The summed E-state index contributed by atoms with van der Waals surface area (Å²) in [5.41, 5.74) is 1.06. The molecule has 1 heterocycles. The van der Waals surface area contributed by atoms with Gasteiger partial charge in [0.2, 0.25) is 0 Å². The number of benzene rings is 1. The largest absolute Gasteiger partial charge is 0.497 e. The minimum absolute atomic E-state index is 0.274. The summed E-state index contributed by atoms with van der Waals surface area (Å²) < 4.78 is 5.15. The van der Waals surface area contributed by atoms with E-state index in [-0.39, 0.29) is 5.92 Å². The summed E-state index contributed by atoms with van der Waals surface area (Å²) in [6, 6.07) is 7.77. The van der Waals surface area contributed by atoms with Gasteiger partial charge in [0, 0.05) is 18.1 Å². The van der Waals surface area contributed by atoms with Gasteiger partial charge in [0.25, 0.3) is 0 Å². The first-order valence-electron chi connectivity index (χ1n) is 5.53. The zero-order valence-corrected chi connectivity index (χ0v) is 10.3. The van der Waals surface area contributed by atoms with Gasteiger partial charge in [0.15, 0.2) is 0 Å². The third-order valence-electron chi connectivity index (χ3n) is 2.90. The van der Waals surface area contributed by atoms with Crippen LogP contribution in [0.4, 0.5) is 0 Å². The maximum atomic E-state index is 12.0. The predicted molar refractivity (Wildman–Crippen MR) is 67.1 cm³/mol. The smallest absolute Gasteiger partial charge is 0.141 e. The fourth-order valence-electron chi connectivity index (χ4n) is 1.92. The van der Waals surface area contributed by atoms with Crippen LogP contribution < -0.4 is 4.74 Å². The van der Waals surface area contributed by atoms with Gasteiger partial charge in [-0.3, -0.25) is 4.79 Å². The molecule has 1 atom stereocenters. The van der Waals surface area contributed by atoms with E-state index in [2.05, 4.69) is 0 Å². The van der Waals surface area contributed by atoms with Crippen molar-refractivity contribution in [2.75, 3.05) is 18.6 Å². The van der Waals surface area contributed by atoms with E-state index in [1.807, 2.05) is 36.0 Å². The summed E-state index contributed by atoms with van der Waals surface area (Å²) in [4.78, 5) is 12.0. The van der Waals surface area contributed by atoms with E-state index in [1.54, 1.807) is 7.11 Å². The third kappa shape index (κ3) is 2.79. The molecule has 0 radical (unpaired) electrons. The molecular formula is C13H16O2S. The summed E-state index contributed by atoms with van der Waals surface area (Å²) in [6.45, 7) is 0. The second kappa shape index (κ2) is 5.39. The van der Waals surface area contributed by atoms with Gasteiger partial charge < -0.3 is 4.74 Å². The van der Waals surface area contributed by atoms with Crippen molar-refractivity contribution in [1.82, 2.24) is 0 Å². The fourth-order valence-corrected chi connectivity index (χ4v) is 3.17. The van der Waals surface area contributed by atoms with Crippen LogP contribution in [0.15, 0.2) is 24.3 Å². The quantitative estimate of drug-likeness (QED) is 0.803. The molecule has 1 unspecified atom stereocenters. The SMILES string of the molecule is COc1cccc(CC(=O)C2CCSC2)c1. The molecule has 0 aliphatic carbocycles. The molecule has 0 bridgehead atoms. The Morgan fingerprint density at radius 2 is 2.44 bits per heavy atom. The molecule has 1 saturated heterocycles. The van der Waals surface area contributed by atoms with E-state index in [1.165, 1.54) is 0 Å². The summed E-state index contributed by atoms with van der Waals surface area (Å²) in [5.74, 6) is 3.61. The normalized spacial score (nSPS) is 19.7. The molecule has 1 fully saturated rings. The molecule has 0 aromatic heterocycles. The maximum absolute atomic E-state index is 12.0. The van der Waals surface area contributed by atoms with Crippen LogP contribution in [0.2, 0.25) is 0 Å². The Kier molecular flexibility index (Phi) is 3.88. The van der Waals surface area contributed by atoms with Gasteiger partial charge in [-0.2, -0.15) is 11.8 Å². The number of hydrogen-bond acceptors (Lipinski definition) is 3. The van der Waals surface area contributed by atoms with Crippen LogP contribution in [0.1, 0.15) is 12.0 Å². The summed E-state index contributed by atoms with van der Waals surface area (Å²) in [6.07, 6.45) is 1.59. The highest BCUT2D eigenvalue weighted by molar-refractivity contribution is 7.99. The summed E-state index contributed by atoms with van der Waals surface area (Å²) in [5, 5.41) is 0. The predicted octanol–water partition coefficient (Wildman–Crippen LogP) is 2.56. The van der Waals surface area contributed by atoms with Crippen molar-refractivity contribution in [3.63, 3.8) is 0 Å². The first-order chi connectivity index (χ1) is 7.79. The molecule has 16 heavy (non-hydrogen) atoms. The second-order valence-corrected chi connectivity index (χ2v) is 5.20. The Balaban J connectivity index is 1.99. The highest BCUT2D eigenvalue weighted by atomic mass is 32.2. The van der Waals surface area contributed by atoms with Gasteiger partial charge in [0.05, 0.1) is 7.11 Å². The Labute approximate surface area is 100 Å². The van der Waals surface area contributed by atoms with Crippen molar-refractivity contribution in [1.29, 1.82) is 0 Å². The molecule has 2 rings (SSSR count). The Morgan fingerprint density at radius 3 is 3.12 bits per heavy atom. The van der Waals surface area contributed by atoms with E-state index < -0.39 is 0 Å². The lowest BCUT2D eigenvalue weighted by atomic mass is 9.97. The third-order valence-corrected chi connectivity index (χ3v) is 4.06. The molecule has 0 amide bonds. The molecule has 1 aliphatic rings. The Bertz CT molecular complexity index is 370. The number of Topliss-reactive ketones (excluding diaryl/α,β-unsaturated/α-hetero) is 1. The number of thioether (sulfide) groups is 1. The average Bonchev–Trinajstić information content (AvgIpc) is 2.83. The molecule has 1 aromatic rings. The number of ketones is 1. The summed E-state index contributed by atoms with van der Waals surface area (Å²) in [7, 11) is 1.65. The molecule has 86 valence electrons. The lowest BCUT2D eigenvalue weighted by Crippen LogP contribution is -2.16. The standard InChI is InChI=1S/C13H16O2S/c1-15-12-4-2-3-10(7-12)8-13(14)11-5-6-16-9-11/h2-4,7,11H,5-6,8-9H2,1H3. The van der Waals surface area contributed by atoms with Crippen molar-refractivity contribution in [3.8, 4) is 5.75 Å². The van der Waals surface area contributed by atoms with Gasteiger partial charge >= 0.3 is 0 Å². The molecular weight excluding hydrogens is 220 g/mol. The van der Waals surface area contributed by atoms with E-state index in [4.69, 9.17) is 4.74 Å². The van der Waals surface area contributed by atoms with Gasteiger partial charge in [-0.1, -0.05) is 12.1 Å². The van der Waals surface area contributed by atoms with Gasteiger partial charge in [-0.15, -0.1) is 0 Å². The molecule has 1 aromatic carbocycles. The lowest BCUT2D eigenvalue weighted by molar-refractivity contribution is -0.121. The number of carbonyl (C=O) groups excluding carboxylic acids is 1. The van der Waals surface area contributed by atoms with Crippen molar-refractivity contribution >= 4 is 17.5 Å². The number of ether oxygens (including phenoxy) is 1. The monoisotopic (exact) mass is 236 g/mol. The van der Waals surface area contributed by atoms with E-state index in [0.717, 1.165) is 29.2 Å². The van der Waals surface area contributed by atoms with Gasteiger partial charge in [-0.25, -0.2) is 0 Å². The Morgan fingerprint density at radius 1 is 1.56 bits per heavy atom. The molecule has 1 aliphatic heterocycles. The molecule has 0 saturated carbocycles. The lowest BCUT2D eigenvalue weighted by Gasteiger charge is -2.08. The van der Waals surface area contributed by atoms with Gasteiger partial charge in [0.1, 0.15) is 11.5 Å². The number of carbonyl (C=O) groups is 1. The van der Waals surface area contributed by atoms with E-state index in [9.17, 15) is 4.79 Å². The summed E-state index contributed by atoms with van der Waals surface area (Å²) >= 11 is 1.88. The first-order valence-corrected chi connectivity index (χ1v) is 6.68. The zero-order valence-electron chi connectivity index (χ0n) is 9.44. The van der Waals surface area contributed by atoms with Crippen LogP contribution in [0, 0.1) is 5.92 Å². The van der Waals surface area contributed by atoms with Crippen molar-refractivity contribution in [2.24, 2.45) is 5.92 Å². The van der Waals surface area contributed by atoms with Crippen molar-refractivity contribution in [2.45, 2.75) is 12.8 Å². The van der Waals surface area contributed by atoms with Crippen molar-refractivity contribution in [3.05, 3.63) is 29.8 Å². The Hall–Kier alpha value is -0.960. The number of rotatable bonds is 4. The van der Waals surface area contributed by atoms with Gasteiger partial charge in [-0.05, 0) is 29.9 Å². The highest BCUT2D eigenvalue weighted by Gasteiger charge is 2.22.